The molecule has 0 atom stereocenters. The van der Waals surface area contributed by atoms with Crippen molar-refractivity contribution in [3.05, 3.63) is 23.8 Å². The molecule has 0 aromatic heterocycles. The molecule has 1 fully saturated rings. The van der Waals surface area contributed by atoms with E-state index in [4.69, 9.17) is 4.74 Å². The van der Waals surface area contributed by atoms with Crippen LogP contribution in [-0.2, 0) is 10.0 Å². The number of aryl methyl sites for hydroxylation is 1. The number of sulfonamides is 1. The van der Waals surface area contributed by atoms with Crippen LogP contribution in [0, 0.1) is 6.92 Å². The van der Waals surface area contributed by atoms with Crippen molar-refractivity contribution in [2.24, 2.45) is 0 Å². The fraction of sp³-hybridized carbons (Fsp3) is 0.571. The zero-order valence-corrected chi connectivity index (χ0v) is 13.1. The van der Waals surface area contributed by atoms with Gasteiger partial charge in [-0.25, -0.2) is 8.42 Å². The van der Waals surface area contributed by atoms with Gasteiger partial charge in [0.25, 0.3) is 0 Å². The van der Waals surface area contributed by atoms with Crippen molar-refractivity contribution in [1.29, 1.82) is 0 Å². The lowest BCUT2D eigenvalue weighted by molar-refractivity contribution is 0.222. The van der Waals surface area contributed by atoms with E-state index >= 15 is 0 Å². The number of rotatable bonds is 4. The summed E-state index contributed by atoms with van der Waals surface area (Å²) in [6.07, 6.45) is 0. The molecule has 0 bridgehead atoms. The predicted molar refractivity (Wildman–Crippen MR) is 78.6 cm³/mol. The normalized spacial score (nSPS) is 18.1. The summed E-state index contributed by atoms with van der Waals surface area (Å²) in [7, 11) is -1.47. The molecule has 1 aliphatic heterocycles. The Kier molecular flexibility index (Phi) is 4.67. The SMILES string of the molecule is CCOc1cc(C)ccc1S(=O)(=O)N1CCN(C)CC1. The number of nitrogens with zero attached hydrogens (tertiary/aromatic N) is 2. The topological polar surface area (TPSA) is 49.9 Å². The highest BCUT2D eigenvalue weighted by molar-refractivity contribution is 7.89. The monoisotopic (exact) mass is 298 g/mol. The van der Waals surface area contributed by atoms with Gasteiger partial charge >= 0.3 is 0 Å². The highest BCUT2D eigenvalue weighted by atomic mass is 32.2. The van der Waals surface area contributed by atoms with Crippen LogP contribution < -0.4 is 4.74 Å². The summed E-state index contributed by atoms with van der Waals surface area (Å²) in [5.74, 6) is 0.450. The molecule has 0 N–H and O–H groups in total. The largest absolute Gasteiger partial charge is 0.492 e. The van der Waals surface area contributed by atoms with E-state index in [2.05, 4.69) is 4.90 Å². The Bertz CT molecular complexity index is 564. The van der Waals surface area contributed by atoms with E-state index in [0.717, 1.165) is 18.7 Å². The first-order valence-electron chi connectivity index (χ1n) is 6.87. The van der Waals surface area contributed by atoms with Gasteiger partial charge in [-0.05, 0) is 38.6 Å². The van der Waals surface area contributed by atoms with Gasteiger partial charge in [0, 0.05) is 26.2 Å². The van der Waals surface area contributed by atoms with Crippen LogP contribution in [0.2, 0.25) is 0 Å². The zero-order valence-electron chi connectivity index (χ0n) is 12.3. The molecule has 0 saturated carbocycles. The number of likely N-dealkylation sites (N-methyl/N-ethyl adjacent to an activating group) is 1. The van der Waals surface area contributed by atoms with Crippen molar-refractivity contribution in [2.45, 2.75) is 18.7 Å². The fourth-order valence-corrected chi connectivity index (χ4v) is 3.80. The molecule has 1 aliphatic rings. The van der Waals surface area contributed by atoms with Crippen LogP contribution in [0.5, 0.6) is 5.75 Å². The molecule has 6 heteroatoms. The van der Waals surface area contributed by atoms with Gasteiger partial charge in [-0.1, -0.05) is 6.07 Å². The second-order valence-electron chi connectivity index (χ2n) is 5.09. The minimum atomic E-state index is -3.47. The minimum absolute atomic E-state index is 0.273. The molecule has 112 valence electrons. The molecule has 20 heavy (non-hydrogen) atoms. The molecule has 1 saturated heterocycles. The first-order valence-corrected chi connectivity index (χ1v) is 8.31. The van der Waals surface area contributed by atoms with Crippen LogP contribution in [-0.4, -0.2) is 57.5 Å². The average Bonchev–Trinajstić information content (AvgIpc) is 2.39. The third-order valence-corrected chi connectivity index (χ3v) is 5.42. The minimum Gasteiger partial charge on any atom is -0.492 e. The van der Waals surface area contributed by atoms with E-state index in [1.807, 2.05) is 27.0 Å². The van der Waals surface area contributed by atoms with Crippen molar-refractivity contribution in [1.82, 2.24) is 9.21 Å². The van der Waals surface area contributed by atoms with Gasteiger partial charge < -0.3 is 9.64 Å². The lowest BCUT2D eigenvalue weighted by Gasteiger charge is -2.31. The Labute approximate surface area is 121 Å². The lowest BCUT2D eigenvalue weighted by atomic mass is 10.2. The first-order chi connectivity index (χ1) is 9.45. The standard InChI is InChI=1S/C14H22N2O3S/c1-4-19-13-11-12(2)5-6-14(13)20(17,18)16-9-7-15(3)8-10-16/h5-6,11H,4,7-10H2,1-3H3. The summed E-state index contributed by atoms with van der Waals surface area (Å²) in [5, 5.41) is 0. The van der Waals surface area contributed by atoms with Gasteiger partial charge in [-0.2, -0.15) is 4.31 Å². The molecule has 1 aromatic rings. The zero-order chi connectivity index (χ0) is 14.8. The summed E-state index contributed by atoms with van der Waals surface area (Å²) >= 11 is 0. The van der Waals surface area contributed by atoms with Crippen molar-refractivity contribution >= 4 is 10.0 Å². The quantitative estimate of drug-likeness (QED) is 0.841. The molecule has 5 nitrogen and oxygen atoms in total. The van der Waals surface area contributed by atoms with Crippen molar-refractivity contribution in [3.8, 4) is 5.75 Å². The van der Waals surface area contributed by atoms with Gasteiger partial charge in [0.05, 0.1) is 6.61 Å². The molecular weight excluding hydrogens is 276 g/mol. The Balaban J connectivity index is 2.34. The smallest absolute Gasteiger partial charge is 0.246 e. The predicted octanol–water partition coefficient (Wildman–Crippen LogP) is 1.33. The summed E-state index contributed by atoms with van der Waals surface area (Å²) in [5.41, 5.74) is 0.991. The molecule has 1 heterocycles. The van der Waals surface area contributed by atoms with Gasteiger partial charge in [0.1, 0.15) is 10.6 Å². The molecule has 0 spiro atoms. The summed E-state index contributed by atoms with van der Waals surface area (Å²) < 4.78 is 32.5. The summed E-state index contributed by atoms with van der Waals surface area (Å²) in [6, 6.07) is 5.24. The maximum atomic E-state index is 12.7. The maximum Gasteiger partial charge on any atom is 0.246 e. The van der Waals surface area contributed by atoms with Crippen LogP contribution in [0.15, 0.2) is 23.1 Å². The summed E-state index contributed by atoms with van der Waals surface area (Å²) in [6.45, 7) is 6.80. The Morgan fingerprint density at radius 3 is 2.45 bits per heavy atom. The van der Waals surface area contributed by atoms with Crippen LogP contribution in [0.1, 0.15) is 12.5 Å². The second kappa shape index (κ2) is 6.11. The van der Waals surface area contributed by atoms with Crippen molar-refractivity contribution < 1.29 is 13.2 Å². The van der Waals surface area contributed by atoms with Gasteiger partial charge in [-0.3, -0.25) is 0 Å². The summed E-state index contributed by atoms with van der Waals surface area (Å²) in [4.78, 5) is 2.40. The Morgan fingerprint density at radius 2 is 1.85 bits per heavy atom. The lowest BCUT2D eigenvalue weighted by Crippen LogP contribution is -2.47. The molecule has 0 radical (unpaired) electrons. The van der Waals surface area contributed by atoms with Crippen LogP contribution in [0.25, 0.3) is 0 Å². The fourth-order valence-electron chi connectivity index (χ4n) is 2.26. The van der Waals surface area contributed by atoms with Gasteiger partial charge in [0.2, 0.25) is 10.0 Å². The molecule has 2 rings (SSSR count). The van der Waals surface area contributed by atoms with Crippen LogP contribution >= 0.6 is 0 Å². The first kappa shape index (κ1) is 15.3. The third kappa shape index (κ3) is 3.13. The Morgan fingerprint density at radius 1 is 1.20 bits per heavy atom. The molecule has 0 unspecified atom stereocenters. The van der Waals surface area contributed by atoms with Crippen LogP contribution in [0.4, 0.5) is 0 Å². The second-order valence-corrected chi connectivity index (χ2v) is 7.00. The molecular formula is C14H22N2O3S. The Hall–Kier alpha value is -1.11. The number of hydrogen-bond donors (Lipinski definition) is 0. The number of ether oxygens (including phenoxy) is 1. The van der Waals surface area contributed by atoms with Crippen molar-refractivity contribution in [3.63, 3.8) is 0 Å². The van der Waals surface area contributed by atoms with Gasteiger partial charge in [0.15, 0.2) is 0 Å². The van der Waals surface area contributed by atoms with Gasteiger partial charge in [-0.15, -0.1) is 0 Å². The van der Waals surface area contributed by atoms with E-state index in [9.17, 15) is 8.42 Å². The van der Waals surface area contributed by atoms with E-state index in [-0.39, 0.29) is 4.90 Å². The van der Waals surface area contributed by atoms with E-state index < -0.39 is 10.0 Å². The maximum absolute atomic E-state index is 12.7. The third-order valence-electron chi connectivity index (χ3n) is 3.48. The van der Waals surface area contributed by atoms with Crippen LogP contribution in [0.3, 0.4) is 0 Å². The highest BCUT2D eigenvalue weighted by Crippen LogP contribution is 2.28. The van der Waals surface area contributed by atoms with E-state index in [1.54, 1.807) is 16.4 Å². The highest BCUT2D eigenvalue weighted by Gasteiger charge is 2.29. The molecule has 0 aliphatic carbocycles. The van der Waals surface area contributed by atoms with Crippen molar-refractivity contribution in [2.75, 3.05) is 39.8 Å². The number of piperazine rings is 1. The molecule has 1 aromatic carbocycles. The van der Waals surface area contributed by atoms with E-state index in [1.165, 1.54) is 0 Å². The average molecular weight is 298 g/mol. The number of hydrogen-bond acceptors (Lipinski definition) is 4. The van der Waals surface area contributed by atoms with E-state index in [0.29, 0.717) is 25.4 Å². The number of benzene rings is 1. The molecule has 0 amide bonds.